The van der Waals surface area contributed by atoms with Crippen LogP contribution in [0.25, 0.3) is 6.08 Å². The number of aryl methyl sites for hydroxylation is 1. The van der Waals surface area contributed by atoms with Gasteiger partial charge in [0.15, 0.2) is 0 Å². The molecule has 2 aromatic rings. The first-order chi connectivity index (χ1) is 11.4. The maximum atomic E-state index is 12.6. The Morgan fingerprint density at radius 1 is 1.33 bits per heavy atom. The number of halogens is 1. The minimum absolute atomic E-state index is 0.0271. The van der Waals surface area contributed by atoms with Crippen LogP contribution in [0.1, 0.15) is 11.1 Å². The molecular formula is C18H23ClN4O. The Balaban J connectivity index is 2.08. The second-order valence-electron chi connectivity index (χ2n) is 5.97. The fraction of sp³-hybridized carbons (Fsp3) is 0.333. The topological polar surface area (TPSA) is 41.4 Å². The van der Waals surface area contributed by atoms with Gasteiger partial charge in [0.25, 0.3) is 0 Å². The van der Waals surface area contributed by atoms with E-state index in [1.165, 1.54) is 0 Å². The van der Waals surface area contributed by atoms with E-state index in [4.69, 9.17) is 11.6 Å². The first-order valence-corrected chi connectivity index (χ1v) is 8.16. The highest BCUT2D eigenvalue weighted by atomic mass is 35.5. The van der Waals surface area contributed by atoms with Crippen molar-refractivity contribution >= 4 is 23.6 Å². The molecule has 0 aliphatic carbocycles. The molecule has 24 heavy (non-hydrogen) atoms. The summed E-state index contributed by atoms with van der Waals surface area (Å²) in [5.41, 5.74) is 1.92. The highest BCUT2D eigenvalue weighted by Gasteiger charge is 2.12. The summed E-state index contributed by atoms with van der Waals surface area (Å²) in [6.07, 6.45) is 6.98. The van der Waals surface area contributed by atoms with Crippen LogP contribution in [-0.2, 0) is 18.4 Å². The third kappa shape index (κ3) is 5.83. The zero-order chi connectivity index (χ0) is 17.5. The Labute approximate surface area is 148 Å². The number of nitrogens with zero attached hydrogens (tertiary/aromatic N) is 4. The van der Waals surface area contributed by atoms with Gasteiger partial charge in [-0.25, -0.2) is 0 Å². The van der Waals surface area contributed by atoms with E-state index in [2.05, 4.69) is 10.00 Å². The van der Waals surface area contributed by atoms with Crippen molar-refractivity contribution in [1.29, 1.82) is 0 Å². The normalized spacial score (nSPS) is 11.4. The number of hydrogen-bond acceptors (Lipinski definition) is 3. The lowest BCUT2D eigenvalue weighted by Crippen LogP contribution is -2.35. The van der Waals surface area contributed by atoms with Crippen molar-refractivity contribution in [3.05, 3.63) is 58.9 Å². The van der Waals surface area contributed by atoms with Gasteiger partial charge in [-0.1, -0.05) is 23.7 Å². The molecule has 1 heterocycles. The van der Waals surface area contributed by atoms with Gasteiger partial charge in [-0.05, 0) is 37.9 Å². The molecule has 1 aromatic carbocycles. The molecule has 0 radical (unpaired) electrons. The molecule has 0 fully saturated rings. The largest absolute Gasteiger partial charge is 0.334 e. The van der Waals surface area contributed by atoms with Crippen molar-refractivity contribution in [3.63, 3.8) is 0 Å². The van der Waals surface area contributed by atoms with E-state index < -0.39 is 0 Å². The third-order valence-electron chi connectivity index (χ3n) is 3.53. The van der Waals surface area contributed by atoms with Gasteiger partial charge in [-0.15, -0.1) is 0 Å². The van der Waals surface area contributed by atoms with Crippen LogP contribution in [0, 0.1) is 0 Å². The summed E-state index contributed by atoms with van der Waals surface area (Å²) >= 11 is 6.04. The standard InChI is InChI=1S/C18H23ClN4O/c1-21(2)9-10-23(14-15-5-4-6-17(19)11-15)18(24)8-7-16-12-20-22(3)13-16/h4-8,11-13H,9-10,14H2,1-3H3. The van der Waals surface area contributed by atoms with Crippen LogP contribution in [0.3, 0.4) is 0 Å². The van der Waals surface area contributed by atoms with Gasteiger partial charge in [0.2, 0.25) is 5.91 Å². The highest BCUT2D eigenvalue weighted by Crippen LogP contribution is 2.13. The van der Waals surface area contributed by atoms with Crippen LogP contribution in [0.4, 0.5) is 0 Å². The number of amides is 1. The first kappa shape index (κ1) is 18.2. The number of likely N-dealkylation sites (N-methyl/N-ethyl adjacent to an activating group) is 1. The van der Waals surface area contributed by atoms with Crippen LogP contribution in [0.5, 0.6) is 0 Å². The van der Waals surface area contributed by atoms with Gasteiger partial charge >= 0.3 is 0 Å². The summed E-state index contributed by atoms with van der Waals surface area (Å²) in [5.74, 6) is -0.0271. The van der Waals surface area contributed by atoms with E-state index in [1.54, 1.807) is 23.0 Å². The number of carbonyl (C=O) groups excluding carboxylic acids is 1. The lowest BCUT2D eigenvalue weighted by molar-refractivity contribution is -0.126. The molecule has 0 N–H and O–H groups in total. The fourth-order valence-corrected chi connectivity index (χ4v) is 2.46. The Bertz CT molecular complexity index is 709. The monoisotopic (exact) mass is 346 g/mol. The average molecular weight is 347 g/mol. The summed E-state index contributed by atoms with van der Waals surface area (Å²) in [7, 11) is 5.84. The van der Waals surface area contributed by atoms with E-state index in [0.29, 0.717) is 18.1 Å². The number of carbonyl (C=O) groups is 1. The van der Waals surface area contributed by atoms with Gasteiger partial charge in [0.05, 0.1) is 6.20 Å². The number of hydrogen-bond donors (Lipinski definition) is 0. The van der Waals surface area contributed by atoms with Gasteiger partial charge in [0.1, 0.15) is 0 Å². The third-order valence-corrected chi connectivity index (χ3v) is 3.77. The Morgan fingerprint density at radius 2 is 2.12 bits per heavy atom. The molecule has 2 rings (SSSR count). The second kappa shape index (κ2) is 8.66. The minimum Gasteiger partial charge on any atom is -0.334 e. The second-order valence-corrected chi connectivity index (χ2v) is 6.41. The Kier molecular flexibility index (Phi) is 6.58. The van der Waals surface area contributed by atoms with Crippen molar-refractivity contribution in [2.45, 2.75) is 6.54 Å². The highest BCUT2D eigenvalue weighted by molar-refractivity contribution is 6.30. The molecule has 1 aromatic heterocycles. The molecule has 1 amide bonds. The summed E-state index contributed by atoms with van der Waals surface area (Å²) in [4.78, 5) is 16.5. The van der Waals surface area contributed by atoms with E-state index in [0.717, 1.165) is 17.7 Å². The molecule has 6 heteroatoms. The fourth-order valence-electron chi connectivity index (χ4n) is 2.24. The maximum Gasteiger partial charge on any atom is 0.246 e. The lowest BCUT2D eigenvalue weighted by Gasteiger charge is -2.23. The van der Waals surface area contributed by atoms with Gasteiger partial charge in [-0.2, -0.15) is 5.10 Å². The molecule has 0 unspecified atom stereocenters. The van der Waals surface area contributed by atoms with Crippen LogP contribution in [0.15, 0.2) is 42.7 Å². The zero-order valence-corrected chi connectivity index (χ0v) is 15.1. The number of rotatable bonds is 7. The van der Waals surface area contributed by atoms with Gasteiger partial charge < -0.3 is 9.80 Å². The average Bonchev–Trinajstić information content (AvgIpc) is 2.94. The smallest absolute Gasteiger partial charge is 0.246 e. The molecule has 0 bridgehead atoms. The SMILES string of the molecule is CN(C)CCN(Cc1cccc(Cl)c1)C(=O)C=Cc1cnn(C)c1. The molecule has 128 valence electrons. The summed E-state index contributed by atoms with van der Waals surface area (Å²) in [6, 6.07) is 7.60. The molecule has 0 atom stereocenters. The van der Waals surface area contributed by atoms with Crippen LogP contribution >= 0.6 is 11.6 Å². The minimum atomic E-state index is -0.0271. The molecule has 0 aliphatic heterocycles. The lowest BCUT2D eigenvalue weighted by atomic mass is 10.2. The molecule has 0 saturated heterocycles. The van der Waals surface area contributed by atoms with Crippen molar-refractivity contribution in [1.82, 2.24) is 19.6 Å². The quantitative estimate of drug-likeness (QED) is 0.724. The van der Waals surface area contributed by atoms with E-state index in [1.807, 2.05) is 56.5 Å². The predicted octanol–water partition coefficient (Wildman–Crippen LogP) is 2.68. The molecule has 0 saturated carbocycles. The summed E-state index contributed by atoms with van der Waals surface area (Å²) in [6.45, 7) is 1.98. The van der Waals surface area contributed by atoms with E-state index >= 15 is 0 Å². The maximum absolute atomic E-state index is 12.6. The van der Waals surface area contributed by atoms with Crippen molar-refractivity contribution in [2.24, 2.45) is 7.05 Å². The summed E-state index contributed by atoms with van der Waals surface area (Å²) < 4.78 is 1.71. The van der Waals surface area contributed by atoms with Gasteiger partial charge in [0, 0.05) is 49.5 Å². The van der Waals surface area contributed by atoms with E-state index in [9.17, 15) is 4.79 Å². The summed E-state index contributed by atoms with van der Waals surface area (Å²) in [5, 5.41) is 4.77. The predicted molar refractivity (Wildman–Crippen MR) is 97.7 cm³/mol. The van der Waals surface area contributed by atoms with Crippen molar-refractivity contribution < 1.29 is 4.79 Å². The van der Waals surface area contributed by atoms with E-state index in [-0.39, 0.29) is 5.91 Å². The molecule has 0 spiro atoms. The molecular weight excluding hydrogens is 324 g/mol. The van der Waals surface area contributed by atoms with Crippen molar-refractivity contribution in [2.75, 3.05) is 27.2 Å². The molecule has 5 nitrogen and oxygen atoms in total. The Morgan fingerprint density at radius 3 is 2.75 bits per heavy atom. The van der Waals surface area contributed by atoms with Crippen LogP contribution in [0.2, 0.25) is 5.02 Å². The Hall–Kier alpha value is -2.11. The molecule has 0 aliphatic rings. The van der Waals surface area contributed by atoms with Crippen molar-refractivity contribution in [3.8, 4) is 0 Å². The van der Waals surface area contributed by atoms with Gasteiger partial charge in [-0.3, -0.25) is 9.48 Å². The number of aromatic nitrogens is 2. The zero-order valence-electron chi connectivity index (χ0n) is 14.3. The van der Waals surface area contributed by atoms with Crippen LogP contribution in [-0.4, -0.2) is 52.7 Å². The van der Waals surface area contributed by atoms with Crippen LogP contribution < -0.4 is 0 Å². The first-order valence-electron chi connectivity index (χ1n) is 7.79. The number of benzene rings is 1.